The second-order valence-electron chi connectivity index (χ2n) is 8.14. The Morgan fingerprint density at radius 1 is 0.943 bits per heavy atom. The quantitative estimate of drug-likeness (QED) is 0.468. The van der Waals surface area contributed by atoms with E-state index in [-0.39, 0.29) is 34.7 Å². The SMILES string of the molecule is CCOc1ccc(CN2C(=O)c3ccccc3C2=O)cc1C(=O)N(C)c1ccc(S(C)(=O)=O)cc1. The van der Waals surface area contributed by atoms with Crippen LogP contribution in [0.3, 0.4) is 0 Å². The molecule has 0 radical (unpaired) electrons. The molecule has 0 fully saturated rings. The standard InChI is InChI=1S/C26H24N2O6S/c1-4-34-23-14-9-17(16-28-25(30)20-7-5-6-8-21(20)26(28)31)15-22(23)24(29)27(2)18-10-12-19(13-11-18)35(3,32)33/h5-15H,4,16H2,1-3H3. The summed E-state index contributed by atoms with van der Waals surface area (Å²) < 4.78 is 29.1. The Labute approximate surface area is 203 Å². The van der Waals surface area contributed by atoms with Crippen molar-refractivity contribution in [3.05, 3.63) is 89.0 Å². The highest BCUT2D eigenvalue weighted by atomic mass is 32.2. The summed E-state index contributed by atoms with van der Waals surface area (Å²) in [5.74, 6) is -0.779. The van der Waals surface area contributed by atoms with E-state index in [0.717, 1.165) is 11.2 Å². The van der Waals surface area contributed by atoms with Gasteiger partial charge in [-0.15, -0.1) is 0 Å². The third-order valence-electron chi connectivity index (χ3n) is 5.75. The molecule has 4 rings (SSSR count). The van der Waals surface area contributed by atoms with Gasteiger partial charge in [0, 0.05) is 19.0 Å². The lowest BCUT2D eigenvalue weighted by Gasteiger charge is -2.21. The molecule has 1 aliphatic heterocycles. The molecule has 0 unspecified atom stereocenters. The zero-order valence-electron chi connectivity index (χ0n) is 19.5. The van der Waals surface area contributed by atoms with E-state index in [1.165, 1.54) is 17.0 Å². The molecule has 1 heterocycles. The number of benzene rings is 3. The van der Waals surface area contributed by atoms with Gasteiger partial charge in [0.2, 0.25) is 0 Å². The molecule has 3 aromatic carbocycles. The van der Waals surface area contributed by atoms with Crippen LogP contribution in [0.1, 0.15) is 43.6 Å². The molecule has 3 amide bonds. The Hall–Kier alpha value is -3.98. The number of imide groups is 1. The molecule has 0 aliphatic carbocycles. The van der Waals surface area contributed by atoms with Gasteiger partial charge in [-0.3, -0.25) is 19.3 Å². The fourth-order valence-corrected chi connectivity index (χ4v) is 4.53. The lowest BCUT2D eigenvalue weighted by Crippen LogP contribution is -2.30. The number of ether oxygens (including phenoxy) is 1. The first-order valence-electron chi connectivity index (χ1n) is 10.9. The molecule has 0 spiro atoms. The van der Waals surface area contributed by atoms with Crippen molar-refractivity contribution in [1.29, 1.82) is 0 Å². The van der Waals surface area contributed by atoms with Crippen molar-refractivity contribution >= 4 is 33.2 Å². The Morgan fingerprint density at radius 2 is 1.54 bits per heavy atom. The Bertz CT molecular complexity index is 1400. The predicted molar refractivity (Wildman–Crippen MR) is 131 cm³/mol. The normalized spacial score (nSPS) is 13.1. The van der Waals surface area contributed by atoms with Crippen LogP contribution in [0, 0.1) is 0 Å². The summed E-state index contributed by atoms with van der Waals surface area (Å²) in [5, 5.41) is 0. The Kier molecular flexibility index (Phi) is 6.45. The highest BCUT2D eigenvalue weighted by Crippen LogP contribution is 2.28. The zero-order chi connectivity index (χ0) is 25.3. The van der Waals surface area contributed by atoms with Crippen LogP contribution in [-0.4, -0.2) is 50.9 Å². The molecule has 0 atom stereocenters. The summed E-state index contributed by atoms with van der Waals surface area (Å²) in [6.07, 6.45) is 1.12. The number of amides is 3. The van der Waals surface area contributed by atoms with Gasteiger partial charge in [0.25, 0.3) is 17.7 Å². The Balaban J connectivity index is 1.63. The number of carbonyl (C=O) groups excluding carboxylic acids is 3. The fourth-order valence-electron chi connectivity index (χ4n) is 3.90. The summed E-state index contributed by atoms with van der Waals surface area (Å²) in [6, 6.07) is 17.6. The maximum Gasteiger partial charge on any atom is 0.261 e. The van der Waals surface area contributed by atoms with Crippen LogP contribution in [-0.2, 0) is 16.4 Å². The molecule has 3 aromatic rings. The van der Waals surface area contributed by atoms with Crippen molar-refractivity contribution in [3.63, 3.8) is 0 Å². The average molecular weight is 493 g/mol. The number of sulfone groups is 1. The van der Waals surface area contributed by atoms with Crippen molar-refractivity contribution in [2.24, 2.45) is 0 Å². The van der Waals surface area contributed by atoms with Gasteiger partial charge in [0.1, 0.15) is 5.75 Å². The van der Waals surface area contributed by atoms with Crippen molar-refractivity contribution in [2.75, 3.05) is 24.8 Å². The van der Waals surface area contributed by atoms with Gasteiger partial charge in [-0.2, -0.15) is 0 Å². The van der Waals surface area contributed by atoms with Gasteiger partial charge in [-0.1, -0.05) is 18.2 Å². The van der Waals surface area contributed by atoms with E-state index >= 15 is 0 Å². The van der Waals surface area contributed by atoms with E-state index in [4.69, 9.17) is 4.74 Å². The van der Waals surface area contributed by atoms with Gasteiger partial charge in [-0.05, 0) is 61.0 Å². The van der Waals surface area contributed by atoms with Gasteiger partial charge < -0.3 is 9.64 Å². The molecule has 9 heteroatoms. The monoisotopic (exact) mass is 492 g/mol. The minimum absolute atomic E-state index is 0.00576. The van der Waals surface area contributed by atoms with Gasteiger partial charge in [0.15, 0.2) is 9.84 Å². The summed E-state index contributed by atoms with van der Waals surface area (Å²) >= 11 is 0. The molecule has 0 aromatic heterocycles. The third kappa shape index (κ3) is 4.67. The number of hydrogen-bond acceptors (Lipinski definition) is 6. The number of anilines is 1. The van der Waals surface area contributed by atoms with Crippen molar-refractivity contribution in [2.45, 2.75) is 18.4 Å². The van der Waals surface area contributed by atoms with Crippen LogP contribution in [0.2, 0.25) is 0 Å². The number of nitrogens with zero attached hydrogens (tertiary/aromatic N) is 2. The minimum atomic E-state index is -3.36. The van der Waals surface area contributed by atoms with Crippen LogP contribution < -0.4 is 9.64 Å². The third-order valence-corrected chi connectivity index (χ3v) is 6.88. The Morgan fingerprint density at radius 3 is 2.09 bits per heavy atom. The van der Waals surface area contributed by atoms with Crippen LogP contribution in [0.15, 0.2) is 71.6 Å². The first kappa shape index (κ1) is 24.2. The highest BCUT2D eigenvalue weighted by Gasteiger charge is 2.35. The van der Waals surface area contributed by atoms with Crippen molar-refractivity contribution in [1.82, 2.24) is 4.90 Å². The maximum absolute atomic E-state index is 13.4. The van der Waals surface area contributed by atoms with E-state index in [2.05, 4.69) is 0 Å². The number of hydrogen-bond donors (Lipinski definition) is 0. The number of rotatable bonds is 7. The van der Waals surface area contributed by atoms with Gasteiger partial charge in [0.05, 0.1) is 34.7 Å². The smallest absolute Gasteiger partial charge is 0.261 e. The van der Waals surface area contributed by atoms with E-state index in [1.807, 2.05) is 0 Å². The first-order valence-corrected chi connectivity index (χ1v) is 12.8. The molecular formula is C26H24N2O6S. The van der Waals surface area contributed by atoms with E-state index < -0.39 is 9.84 Å². The number of fused-ring (bicyclic) bond motifs is 1. The van der Waals surface area contributed by atoms with Crippen molar-refractivity contribution in [3.8, 4) is 5.75 Å². The first-order chi connectivity index (χ1) is 16.6. The predicted octanol–water partition coefficient (Wildman–Crippen LogP) is 3.56. The van der Waals surface area contributed by atoms with E-state index in [1.54, 1.807) is 68.6 Å². The van der Waals surface area contributed by atoms with Crippen molar-refractivity contribution < 1.29 is 27.5 Å². The maximum atomic E-state index is 13.4. The summed E-state index contributed by atoms with van der Waals surface area (Å²) in [4.78, 5) is 41.6. The topological polar surface area (TPSA) is 101 Å². The summed E-state index contributed by atoms with van der Waals surface area (Å²) in [6.45, 7) is 2.14. The lowest BCUT2D eigenvalue weighted by atomic mass is 10.1. The van der Waals surface area contributed by atoms with E-state index in [9.17, 15) is 22.8 Å². The van der Waals surface area contributed by atoms with Gasteiger partial charge >= 0.3 is 0 Å². The average Bonchev–Trinajstić information content (AvgIpc) is 3.08. The van der Waals surface area contributed by atoms with E-state index in [0.29, 0.717) is 34.7 Å². The molecular weight excluding hydrogens is 468 g/mol. The largest absolute Gasteiger partial charge is 0.493 e. The summed E-state index contributed by atoms with van der Waals surface area (Å²) in [5.41, 5.74) is 2.06. The molecule has 0 saturated carbocycles. The van der Waals surface area contributed by atoms with Crippen LogP contribution in [0.5, 0.6) is 5.75 Å². The molecule has 0 saturated heterocycles. The second kappa shape index (κ2) is 9.34. The lowest BCUT2D eigenvalue weighted by molar-refractivity contribution is 0.0642. The molecule has 1 aliphatic rings. The molecule has 0 N–H and O–H groups in total. The van der Waals surface area contributed by atoms with Crippen LogP contribution >= 0.6 is 0 Å². The zero-order valence-corrected chi connectivity index (χ0v) is 20.3. The number of carbonyl (C=O) groups is 3. The van der Waals surface area contributed by atoms with Crippen LogP contribution in [0.4, 0.5) is 5.69 Å². The summed E-state index contributed by atoms with van der Waals surface area (Å²) in [7, 11) is -1.79. The molecule has 180 valence electrons. The fraction of sp³-hybridized carbons (Fsp3) is 0.192. The second-order valence-corrected chi connectivity index (χ2v) is 10.2. The highest BCUT2D eigenvalue weighted by molar-refractivity contribution is 7.90. The molecule has 8 nitrogen and oxygen atoms in total. The van der Waals surface area contributed by atoms with Crippen LogP contribution in [0.25, 0.3) is 0 Å². The minimum Gasteiger partial charge on any atom is -0.493 e. The van der Waals surface area contributed by atoms with Gasteiger partial charge in [-0.25, -0.2) is 8.42 Å². The molecule has 35 heavy (non-hydrogen) atoms. The molecule has 0 bridgehead atoms.